The zero-order chi connectivity index (χ0) is 15.8. The van der Waals surface area contributed by atoms with Gasteiger partial charge in [-0.05, 0) is 30.3 Å². The third-order valence-corrected chi connectivity index (χ3v) is 3.06. The SMILES string of the molecule is CNC(=O)c1ccc(N)c(OCCCOc2ccccc2)c1. The number of para-hydroxylation sites is 1. The fourth-order valence-electron chi connectivity index (χ4n) is 1.89. The van der Waals surface area contributed by atoms with Crippen LogP contribution in [0.2, 0.25) is 0 Å². The molecule has 0 bridgehead atoms. The van der Waals surface area contributed by atoms with Crippen molar-refractivity contribution in [2.24, 2.45) is 0 Å². The predicted octanol–water partition coefficient (Wildman–Crippen LogP) is 2.48. The van der Waals surface area contributed by atoms with Crippen molar-refractivity contribution in [2.75, 3.05) is 26.0 Å². The van der Waals surface area contributed by atoms with Gasteiger partial charge in [0.05, 0.1) is 18.9 Å². The molecule has 1 amide bonds. The normalized spacial score (nSPS) is 10.0. The van der Waals surface area contributed by atoms with Crippen molar-refractivity contribution in [1.82, 2.24) is 5.32 Å². The molecular formula is C17H20N2O3. The van der Waals surface area contributed by atoms with Gasteiger partial charge in [0.2, 0.25) is 0 Å². The highest BCUT2D eigenvalue weighted by Gasteiger charge is 2.07. The first-order valence-electron chi connectivity index (χ1n) is 7.13. The second-order valence-corrected chi connectivity index (χ2v) is 4.70. The number of carbonyl (C=O) groups is 1. The second-order valence-electron chi connectivity index (χ2n) is 4.70. The van der Waals surface area contributed by atoms with Crippen LogP contribution >= 0.6 is 0 Å². The van der Waals surface area contributed by atoms with E-state index in [1.807, 2.05) is 30.3 Å². The van der Waals surface area contributed by atoms with Crippen LogP contribution in [0.4, 0.5) is 5.69 Å². The molecule has 0 aromatic heterocycles. The van der Waals surface area contributed by atoms with Crippen molar-refractivity contribution in [3.8, 4) is 11.5 Å². The summed E-state index contributed by atoms with van der Waals surface area (Å²) in [6, 6.07) is 14.6. The summed E-state index contributed by atoms with van der Waals surface area (Å²) >= 11 is 0. The van der Waals surface area contributed by atoms with E-state index in [-0.39, 0.29) is 5.91 Å². The number of hydrogen-bond donors (Lipinski definition) is 2. The van der Waals surface area contributed by atoms with Gasteiger partial charge in [0, 0.05) is 19.0 Å². The van der Waals surface area contributed by atoms with Crippen LogP contribution in [0.25, 0.3) is 0 Å². The molecule has 0 spiro atoms. The first-order valence-corrected chi connectivity index (χ1v) is 7.13. The highest BCUT2D eigenvalue weighted by Crippen LogP contribution is 2.23. The van der Waals surface area contributed by atoms with Crippen molar-refractivity contribution in [1.29, 1.82) is 0 Å². The molecule has 22 heavy (non-hydrogen) atoms. The average Bonchev–Trinajstić information content (AvgIpc) is 2.56. The summed E-state index contributed by atoms with van der Waals surface area (Å²) in [6.07, 6.45) is 0.721. The van der Waals surface area contributed by atoms with Crippen LogP contribution in [0.3, 0.4) is 0 Å². The van der Waals surface area contributed by atoms with Gasteiger partial charge >= 0.3 is 0 Å². The van der Waals surface area contributed by atoms with Gasteiger partial charge in [-0.15, -0.1) is 0 Å². The number of amides is 1. The molecule has 0 saturated carbocycles. The van der Waals surface area contributed by atoms with E-state index in [1.165, 1.54) is 0 Å². The molecule has 0 atom stereocenters. The smallest absolute Gasteiger partial charge is 0.251 e. The molecule has 0 saturated heterocycles. The van der Waals surface area contributed by atoms with E-state index in [2.05, 4.69) is 5.32 Å². The maximum Gasteiger partial charge on any atom is 0.251 e. The number of benzene rings is 2. The van der Waals surface area contributed by atoms with Gasteiger partial charge in [0.15, 0.2) is 0 Å². The Bertz CT molecular complexity index is 615. The van der Waals surface area contributed by atoms with Crippen molar-refractivity contribution in [2.45, 2.75) is 6.42 Å². The molecule has 0 heterocycles. The first kappa shape index (κ1) is 15.7. The van der Waals surface area contributed by atoms with Crippen molar-refractivity contribution in [3.05, 3.63) is 54.1 Å². The molecule has 5 nitrogen and oxygen atoms in total. The molecule has 0 aliphatic heterocycles. The lowest BCUT2D eigenvalue weighted by Gasteiger charge is -2.11. The van der Waals surface area contributed by atoms with Crippen LogP contribution in [0.15, 0.2) is 48.5 Å². The minimum absolute atomic E-state index is 0.169. The Balaban J connectivity index is 1.80. The molecule has 0 radical (unpaired) electrons. The highest BCUT2D eigenvalue weighted by molar-refractivity contribution is 5.95. The summed E-state index contributed by atoms with van der Waals surface area (Å²) in [7, 11) is 1.58. The summed E-state index contributed by atoms with van der Waals surface area (Å²) in [4.78, 5) is 11.6. The van der Waals surface area contributed by atoms with Crippen molar-refractivity contribution < 1.29 is 14.3 Å². The monoisotopic (exact) mass is 300 g/mol. The summed E-state index contributed by atoms with van der Waals surface area (Å²) in [5, 5.41) is 2.57. The van der Waals surface area contributed by atoms with Crippen molar-refractivity contribution in [3.63, 3.8) is 0 Å². The molecule has 3 N–H and O–H groups in total. The van der Waals surface area contributed by atoms with E-state index in [4.69, 9.17) is 15.2 Å². The largest absolute Gasteiger partial charge is 0.493 e. The minimum Gasteiger partial charge on any atom is -0.493 e. The zero-order valence-electron chi connectivity index (χ0n) is 12.5. The summed E-state index contributed by atoms with van der Waals surface area (Å²) in [6.45, 7) is 1.02. The maximum absolute atomic E-state index is 11.6. The summed E-state index contributed by atoms with van der Waals surface area (Å²) in [5.41, 5.74) is 6.88. The van der Waals surface area contributed by atoms with Gasteiger partial charge in [0.25, 0.3) is 5.91 Å². The standard InChI is InChI=1S/C17H20N2O3/c1-19-17(20)13-8-9-15(18)16(12-13)22-11-5-10-21-14-6-3-2-4-7-14/h2-4,6-9,12H,5,10-11,18H2,1H3,(H,19,20). The lowest BCUT2D eigenvalue weighted by molar-refractivity contribution is 0.0962. The van der Waals surface area contributed by atoms with Crippen LogP contribution < -0.4 is 20.5 Å². The number of rotatable bonds is 7. The van der Waals surface area contributed by atoms with Gasteiger partial charge < -0.3 is 20.5 Å². The topological polar surface area (TPSA) is 73.6 Å². The predicted molar refractivity (Wildman–Crippen MR) is 86.3 cm³/mol. The van der Waals surface area contributed by atoms with Crippen LogP contribution in [0, 0.1) is 0 Å². The lowest BCUT2D eigenvalue weighted by atomic mass is 10.2. The Morgan fingerprint density at radius 2 is 1.82 bits per heavy atom. The van der Waals surface area contributed by atoms with E-state index in [0.29, 0.717) is 30.2 Å². The van der Waals surface area contributed by atoms with Gasteiger partial charge in [-0.1, -0.05) is 18.2 Å². The van der Waals surface area contributed by atoms with Crippen molar-refractivity contribution >= 4 is 11.6 Å². The van der Waals surface area contributed by atoms with E-state index in [9.17, 15) is 4.79 Å². The molecule has 116 valence electrons. The van der Waals surface area contributed by atoms with Gasteiger partial charge in [-0.3, -0.25) is 4.79 Å². The number of nitrogen functional groups attached to an aromatic ring is 1. The van der Waals surface area contributed by atoms with E-state index >= 15 is 0 Å². The third-order valence-electron chi connectivity index (χ3n) is 3.06. The molecule has 0 unspecified atom stereocenters. The zero-order valence-corrected chi connectivity index (χ0v) is 12.5. The van der Waals surface area contributed by atoms with Crippen LogP contribution in [-0.4, -0.2) is 26.2 Å². The molecule has 2 rings (SSSR count). The van der Waals surface area contributed by atoms with E-state index in [1.54, 1.807) is 25.2 Å². The highest BCUT2D eigenvalue weighted by atomic mass is 16.5. The fraction of sp³-hybridized carbons (Fsp3) is 0.235. The number of carbonyl (C=O) groups excluding carboxylic acids is 1. The number of nitrogens with two attached hydrogens (primary N) is 1. The second kappa shape index (κ2) is 7.93. The Morgan fingerprint density at radius 3 is 2.55 bits per heavy atom. The van der Waals surface area contributed by atoms with Crippen LogP contribution in [-0.2, 0) is 0 Å². The first-order chi connectivity index (χ1) is 10.7. The van der Waals surface area contributed by atoms with Gasteiger partial charge in [-0.2, -0.15) is 0 Å². The Kier molecular flexibility index (Phi) is 5.65. The molecule has 2 aromatic rings. The molecule has 0 fully saturated rings. The van der Waals surface area contributed by atoms with E-state index < -0.39 is 0 Å². The molecule has 0 aliphatic carbocycles. The van der Waals surface area contributed by atoms with Gasteiger partial charge in [-0.25, -0.2) is 0 Å². The fourth-order valence-corrected chi connectivity index (χ4v) is 1.89. The van der Waals surface area contributed by atoms with Crippen LogP contribution in [0.5, 0.6) is 11.5 Å². The number of hydrogen-bond acceptors (Lipinski definition) is 4. The third kappa shape index (κ3) is 4.41. The lowest BCUT2D eigenvalue weighted by Crippen LogP contribution is -2.18. The molecule has 0 aliphatic rings. The van der Waals surface area contributed by atoms with E-state index in [0.717, 1.165) is 12.2 Å². The van der Waals surface area contributed by atoms with Gasteiger partial charge in [0.1, 0.15) is 11.5 Å². The summed E-state index contributed by atoms with van der Waals surface area (Å²) in [5.74, 6) is 1.18. The Labute approximate surface area is 130 Å². The number of nitrogens with one attached hydrogen (secondary N) is 1. The quantitative estimate of drug-likeness (QED) is 0.608. The van der Waals surface area contributed by atoms with Crippen LogP contribution in [0.1, 0.15) is 16.8 Å². The minimum atomic E-state index is -0.169. The number of ether oxygens (including phenoxy) is 2. The Morgan fingerprint density at radius 1 is 1.09 bits per heavy atom. The number of anilines is 1. The summed E-state index contributed by atoms with van der Waals surface area (Å²) < 4.78 is 11.2. The average molecular weight is 300 g/mol. The Hall–Kier alpha value is -2.69. The maximum atomic E-state index is 11.6. The molecule has 5 heteroatoms. The molecular weight excluding hydrogens is 280 g/mol. The molecule has 2 aromatic carbocycles.